The van der Waals surface area contributed by atoms with Crippen LogP contribution in [0.15, 0.2) is 53.3 Å². The van der Waals surface area contributed by atoms with Gasteiger partial charge in [-0.1, -0.05) is 23.7 Å². The maximum atomic E-state index is 12.8. The number of aromatic nitrogens is 2. The van der Waals surface area contributed by atoms with Crippen molar-refractivity contribution in [3.63, 3.8) is 0 Å². The van der Waals surface area contributed by atoms with E-state index in [1.807, 2.05) is 38.1 Å². The average molecular weight is 427 g/mol. The SMILES string of the molecule is COc1ccc(Cn2nc(OC(C)C)c(-c3cc(Cl)ccc3C(C)=O)cc2=O)cc1. The second kappa shape index (κ2) is 9.13. The summed E-state index contributed by atoms with van der Waals surface area (Å²) in [5, 5.41) is 4.90. The van der Waals surface area contributed by atoms with Gasteiger partial charge in [0, 0.05) is 16.7 Å². The number of ketones is 1. The van der Waals surface area contributed by atoms with Crippen molar-refractivity contribution in [2.24, 2.45) is 0 Å². The van der Waals surface area contributed by atoms with Crippen LogP contribution in [0.1, 0.15) is 36.7 Å². The number of methoxy groups -OCH3 is 1. The van der Waals surface area contributed by atoms with Crippen molar-refractivity contribution in [1.82, 2.24) is 9.78 Å². The molecule has 0 spiro atoms. The molecule has 0 aliphatic heterocycles. The number of Topliss-reactive ketones (excluding diaryl/α,β-unsaturated/α-hetero) is 1. The van der Waals surface area contributed by atoms with Crippen molar-refractivity contribution in [3.8, 4) is 22.8 Å². The number of carbonyl (C=O) groups is 1. The standard InChI is InChI=1S/C23H23ClN2O4/c1-14(2)30-23-21(20-11-17(24)7-10-19(20)15(3)27)12-22(28)26(25-23)13-16-5-8-18(29-4)9-6-16/h5-12,14H,13H2,1-4H3. The second-order valence-electron chi connectivity index (χ2n) is 7.12. The van der Waals surface area contributed by atoms with Crippen LogP contribution in [0.25, 0.3) is 11.1 Å². The number of hydrogen-bond acceptors (Lipinski definition) is 5. The fourth-order valence-electron chi connectivity index (χ4n) is 3.04. The monoisotopic (exact) mass is 426 g/mol. The molecule has 3 rings (SSSR count). The van der Waals surface area contributed by atoms with Crippen molar-refractivity contribution in [2.45, 2.75) is 33.4 Å². The molecular weight excluding hydrogens is 404 g/mol. The lowest BCUT2D eigenvalue weighted by atomic mass is 9.98. The van der Waals surface area contributed by atoms with Crippen LogP contribution in [0.3, 0.4) is 0 Å². The third kappa shape index (κ3) is 4.89. The quantitative estimate of drug-likeness (QED) is 0.516. The normalized spacial score (nSPS) is 10.9. The van der Waals surface area contributed by atoms with Gasteiger partial charge in [0.25, 0.3) is 5.56 Å². The van der Waals surface area contributed by atoms with Crippen molar-refractivity contribution in [1.29, 1.82) is 0 Å². The molecule has 0 atom stereocenters. The number of rotatable bonds is 7. The predicted octanol–water partition coefficient (Wildman–Crippen LogP) is 4.61. The summed E-state index contributed by atoms with van der Waals surface area (Å²) in [6.07, 6.45) is -0.178. The van der Waals surface area contributed by atoms with Gasteiger partial charge in [-0.25, -0.2) is 4.68 Å². The molecule has 0 radical (unpaired) electrons. The van der Waals surface area contributed by atoms with Gasteiger partial charge in [-0.2, -0.15) is 0 Å². The molecule has 2 aromatic carbocycles. The smallest absolute Gasteiger partial charge is 0.267 e. The number of carbonyl (C=O) groups excluding carboxylic acids is 1. The van der Waals surface area contributed by atoms with Crippen LogP contribution in [-0.4, -0.2) is 28.8 Å². The Hall–Kier alpha value is -3.12. The van der Waals surface area contributed by atoms with Crippen LogP contribution in [0.5, 0.6) is 11.6 Å². The van der Waals surface area contributed by atoms with E-state index in [-0.39, 0.29) is 29.9 Å². The van der Waals surface area contributed by atoms with Gasteiger partial charge in [-0.05, 0) is 62.2 Å². The van der Waals surface area contributed by atoms with Crippen LogP contribution in [0.4, 0.5) is 0 Å². The Balaban J connectivity index is 2.11. The summed E-state index contributed by atoms with van der Waals surface area (Å²) in [5.74, 6) is 0.860. The lowest BCUT2D eigenvalue weighted by Gasteiger charge is -2.17. The molecule has 7 heteroatoms. The number of halogens is 1. The number of hydrogen-bond donors (Lipinski definition) is 0. The molecule has 156 valence electrons. The van der Waals surface area contributed by atoms with Gasteiger partial charge in [-0.15, -0.1) is 5.10 Å². The van der Waals surface area contributed by atoms with Gasteiger partial charge in [0.05, 0.1) is 25.3 Å². The lowest BCUT2D eigenvalue weighted by molar-refractivity contribution is 0.101. The number of benzene rings is 2. The van der Waals surface area contributed by atoms with Crippen molar-refractivity contribution in [2.75, 3.05) is 7.11 Å². The maximum Gasteiger partial charge on any atom is 0.267 e. The summed E-state index contributed by atoms with van der Waals surface area (Å²) < 4.78 is 12.4. The van der Waals surface area contributed by atoms with E-state index in [4.69, 9.17) is 21.1 Å². The summed E-state index contributed by atoms with van der Waals surface area (Å²) >= 11 is 6.17. The highest BCUT2D eigenvalue weighted by molar-refractivity contribution is 6.31. The predicted molar refractivity (Wildman–Crippen MR) is 117 cm³/mol. The van der Waals surface area contributed by atoms with Crippen LogP contribution in [0, 0.1) is 0 Å². The van der Waals surface area contributed by atoms with E-state index in [1.54, 1.807) is 25.3 Å². The molecule has 0 fully saturated rings. The Labute approximate surface area is 180 Å². The van der Waals surface area contributed by atoms with E-state index >= 15 is 0 Å². The van der Waals surface area contributed by atoms with E-state index in [9.17, 15) is 9.59 Å². The molecule has 0 amide bonds. The highest BCUT2D eigenvalue weighted by Gasteiger charge is 2.19. The third-order valence-electron chi connectivity index (χ3n) is 4.45. The van der Waals surface area contributed by atoms with E-state index in [2.05, 4.69) is 5.10 Å². The Morgan fingerprint density at radius 3 is 2.40 bits per heavy atom. The highest BCUT2D eigenvalue weighted by atomic mass is 35.5. The topological polar surface area (TPSA) is 70.4 Å². The molecule has 0 aliphatic rings. The average Bonchev–Trinajstić information content (AvgIpc) is 2.70. The molecule has 0 N–H and O–H groups in total. The first kappa shape index (κ1) is 21.6. The van der Waals surface area contributed by atoms with Gasteiger partial charge in [0.15, 0.2) is 5.78 Å². The largest absolute Gasteiger partial charge is 0.497 e. The Kier molecular flexibility index (Phi) is 6.57. The van der Waals surface area contributed by atoms with Crippen LogP contribution in [0.2, 0.25) is 5.02 Å². The van der Waals surface area contributed by atoms with Crippen molar-refractivity contribution < 1.29 is 14.3 Å². The van der Waals surface area contributed by atoms with Gasteiger partial charge >= 0.3 is 0 Å². The fraction of sp³-hybridized carbons (Fsp3) is 0.261. The van der Waals surface area contributed by atoms with Gasteiger partial charge in [-0.3, -0.25) is 9.59 Å². The van der Waals surface area contributed by atoms with Crippen LogP contribution in [-0.2, 0) is 6.54 Å². The van der Waals surface area contributed by atoms with Gasteiger partial charge in [0.1, 0.15) is 5.75 Å². The van der Waals surface area contributed by atoms with Gasteiger partial charge in [0.2, 0.25) is 5.88 Å². The zero-order valence-electron chi connectivity index (χ0n) is 17.3. The molecule has 0 unspecified atom stereocenters. The number of ether oxygens (including phenoxy) is 2. The molecule has 1 heterocycles. The molecular formula is C23H23ClN2O4. The second-order valence-corrected chi connectivity index (χ2v) is 7.56. The first-order valence-corrected chi connectivity index (χ1v) is 9.89. The molecule has 0 saturated heterocycles. The number of nitrogens with zero attached hydrogens (tertiary/aromatic N) is 2. The first-order valence-electron chi connectivity index (χ1n) is 9.51. The van der Waals surface area contributed by atoms with Crippen LogP contribution < -0.4 is 15.0 Å². The maximum absolute atomic E-state index is 12.8. The first-order chi connectivity index (χ1) is 14.3. The molecule has 0 bridgehead atoms. The van der Waals surface area contributed by atoms with Crippen LogP contribution >= 0.6 is 11.6 Å². The van der Waals surface area contributed by atoms with E-state index in [0.717, 1.165) is 11.3 Å². The summed E-state index contributed by atoms with van der Waals surface area (Å²) in [6, 6.07) is 13.8. The zero-order chi connectivity index (χ0) is 21.8. The van der Waals surface area contributed by atoms with Crippen molar-refractivity contribution >= 4 is 17.4 Å². The van der Waals surface area contributed by atoms with Gasteiger partial charge < -0.3 is 9.47 Å². The minimum atomic E-state index is -0.314. The fourth-order valence-corrected chi connectivity index (χ4v) is 3.21. The summed E-state index contributed by atoms with van der Waals surface area (Å²) in [6.45, 7) is 5.48. The minimum Gasteiger partial charge on any atom is -0.497 e. The summed E-state index contributed by atoms with van der Waals surface area (Å²) in [5.41, 5.74) is 1.98. The van der Waals surface area contributed by atoms with Crippen molar-refractivity contribution in [3.05, 3.63) is 75.0 Å². The molecule has 3 aromatic rings. The molecule has 0 aliphatic carbocycles. The van der Waals surface area contributed by atoms with E-state index in [0.29, 0.717) is 21.7 Å². The van der Waals surface area contributed by atoms with E-state index in [1.165, 1.54) is 17.7 Å². The van der Waals surface area contributed by atoms with E-state index < -0.39 is 0 Å². The molecule has 1 aromatic heterocycles. The minimum absolute atomic E-state index is 0.139. The molecule has 30 heavy (non-hydrogen) atoms. The molecule has 6 nitrogen and oxygen atoms in total. The Morgan fingerprint density at radius 2 is 1.80 bits per heavy atom. The lowest BCUT2D eigenvalue weighted by Crippen LogP contribution is -2.25. The summed E-state index contributed by atoms with van der Waals surface area (Å²) in [4.78, 5) is 25.0. The Morgan fingerprint density at radius 1 is 1.10 bits per heavy atom. The third-order valence-corrected chi connectivity index (χ3v) is 4.69. The zero-order valence-corrected chi connectivity index (χ0v) is 18.1. The summed E-state index contributed by atoms with van der Waals surface area (Å²) in [7, 11) is 1.60. The Bertz CT molecular complexity index is 1120. The molecule has 0 saturated carbocycles. The highest BCUT2D eigenvalue weighted by Crippen LogP contribution is 2.32.